The van der Waals surface area contributed by atoms with Crippen LogP contribution >= 0.6 is 0 Å². The van der Waals surface area contributed by atoms with Gasteiger partial charge in [-0.05, 0) is 30.5 Å². The van der Waals surface area contributed by atoms with E-state index in [0.717, 1.165) is 6.33 Å². The summed E-state index contributed by atoms with van der Waals surface area (Å²) in [6.45, 7) is 1.73. The Morgan fingerprint density at radius 1 is 1.24 bits per heavy atom. The van der Waals surface area contributed by atoms with E-state index in [1.807, 2.05) is 0 Å². The summed E-state index contributed by atoms with van der Waals surface area (Å²) in [6, 6.07) is 5.43. The molecular weight excluding hydrogens is 278 g/mol. The minimum Gasteiger partial charge on any atom is -0.481 e. The van der Waals surface area contributed by atoms with Gasteiger partial charge in [0, 0.05) is 0 Å². The highest BCUT2D eigenvalue weighted by Gasteiger charge is 2.26. The summed E-state index contributed by atoms with van der Waals surface area (Å²) in [4.78, 5) is 19.0. The van der Waals surface area contributed by atoms with Gasteiger partial charge >= 0.3 is 5.97 Å². The van der Waals surface area contributed by atoms with E-state index >= 15 is 0 Å². The Hall–Kier alpha value is -2.37. The Bertz CT molecular complexity index is 645. The number of nitrogens with zero attached hydrogens (tertiary/aromatic N) is 2. The highest BCUT2D eigenvalue weighted by Crippen LogP contribution is 2.23. The van der Waals surface area contributed by atoms with Gasteiger partial charge in [-0.3, -0.25) is 4.79 Å². The molecule has 1 N–H and O–H groups in total. The highest BCUT2D eigenvalue weighted by molar-refractivity contribution is 5.76. The minimum atomic E-state index is -1.18. The van der Waals surface area contributed by atoms with E-state index < -0.39 is 23.5 Å². The second-order valence-corrected chi connectivity index (χ2v) is 4.59. The lowest BCUT2D eigenvalue weighted by Crippen LogP contribution is -2.19. The molecule has 110 valence electrons. The zero-order valence-corrected chi connectivity index (χ0v) is 11.4. The van der Waals surface area contributed by atoms with Crippen LogP contribution in [0.4, 0.5) is 8.78 Å². The molecule has 0 aliphatic heterocycles. The molecule has 1 unspecified atom stereocenters. The maximum atomic E-state index is 14.2. The van der Waals surface area contributed by atoms with Gasteiger partial charge in [0.1, 0.15) is 18.1 Å². The van der Waals surface area contributed by atoms with Crippen molar-refractivity contribution in [2.24, 2.45) is 0 Å². The fourth-order valence-electron chi connectivity index (χ4n) is 2.07. The molecule has 0 bridgehead atoms. The Morgan fingerprint density at radius 3 is 2.48 bits per heavy atom. The third kappa shape index (κ3) is 3.39. The topological polar surface area (TPSA) is 63.1 Å². The van der Waals surface area contributed by atoms with Crippen molar-refractivity contribution in [1.82, 2.24) is 9.97 Å². The van der Waals surface area contributed by atoms with E-state index in [4.69, 9.17) is 0 Å². The molecule has 0 saturated carbocycles. The average molecular weight is 292 g/mol. The maximum absolute atomic E-state index is 14.2. The molecule has 0 amide bonds. The van der Waals surface area contributed by atoms with Crippen molar-refractivity contribution >= 4 is 5.97 Å². The van der Waals surface area contributed by atoms with Crippen molar-refractivity contribution < 1.29 is 18.7 Å². The van der Waals surface area contributed by atoms with E-state index in [9.17, 15) is 18.7 Å². The predicted octanol–water partition coefficient (Wildman–Crippen LogP) is 2.73. The lowest BCUT2D eigenvalue weighted by Gasteiger charge is -2.13. The number of aryl methyl sites for hydroxylation is 1. The van der Waals surface area contributed by atoms with Crippen molar-refractivity contribution in [1.29, 1.82) is 0 Å². The van der Waals surface area contributed by atoms with Crippen LogP contribution in [0, 0.1) is 11.6 Å². The largest absolute Gasteiger partial charge is 0.481 e. The zero-order valence-electron chi connectivity index (χ0n) is 11.4. The van der Waals surface area contributed by atoms with Crippen molar-refractivity contribution in [3.63, 3.8) is 0 Å². The van der Waals surface area contributed by atoms with E-state index in [1.165, 1.54) is 24.3 Å². The molecule has 1 atom stereocenters. The lowest BCUT2D eigenvalue weighted by atomic mass is 9.95. The summed E-state index contributed by atoms with van der Waals surface area (Å²) in [6.07, 6.45) is 1.55. The number of aliphatic carboxylic acids is 1. The van der Waals surface area contributed by atoms with E-state index in [-0.39, 0.29) is 17.8 Å². The molecule has 1 heterocycles. The fourth-order valence-corrected chi connectivity index (χ4v) is 2.07. The first-order chi connectivity index (χ1) is 10.0. The molecule has 0 aliphatic carbocycles. The maximum Gasteiger partial charge on any atom is 0.313 e. The summed E-state index contributed by atoms with van der Waals surface area (Å²) >= 11 is 0. The van der Waals surface area contributed by atoms with Crippen molar-refractivity contribution in [2.45, 2.75) is 25.7 Å². The summed E-state index contributed by atoms with van der Waals surface area (Å²) in [5, 5.41) is 9.33. The van der Waals surface area contributed by atoms with Crippen LogP contribution in [0.3, 0.4) is 0 Å². The van der Waals surface area contributed by atoms with E-state index in [2.05, 4.69) is 9.97 Å². The Balaban J connectivity index is 2.35. The van der Waals surface area contributed by atoms with Gasteiger partial charge < -0.3 is 5.11 Å². The van der Waals surface area contributed by atoms with E-state index in [1.54, 1.807) is 6.92 Å². The van der Waals surface area contributed by atoms with Crippen LogP contribution in [-0.4, -0.2) is 21.0 Å². The summed E-state index contributed by atoms with van der Waals surface area (Å²) < 4.78 is 27.1. The first-order valence-electron chi connectivity index (χ1n) is 6.49. The number of rotatable bonds is 5. The van der Waals surface area contributed by atoms with Gasteiger partial charge in [0.2, 0.25) is 0 Å². The number of aromatic nitrogens is 2. The Morgan fingerprint density at radius 2 is 1.90 bits per heavy atom. The fraction of sp³-hybridized carbons (Fsp3) is 0.267. The predicted molar refractivity (Wildman–Crippen MR) is 71.8 cm³/mol. The monoisotopic (exact) mass is 292 g/mol. The second-order valence-electron chi connectivity index (χ2n) is 4.59. The van der Waals surface area contributed by atoms with Gasteiger partial charge in [-0.25, -0.2) is 18.7 Å². The number of carbonyl (C=O) groups is 1. The van der Waals surface area contributed by atoms with E-state index in [0.29, 0.717) is 12.0 Å². The van der Waals surface area contributed by atoms with Crippen LogP contribution in [0.5, 0.6) is 0 Å². The smallest absolute Gasteiger partial charge is 0.313 e. The Labute approximate surface area is 120 Å². The molecule has 2 rings (SSSR count). The highest BCUT2D eigenvalue weighted by atomic mass is 19.1. The van der Waals surface area contributed by atoms with Crippen LogP contribution in [0.15, 0.2) is 30.6 Å². The summed E-state index contributed by atoms with van der Waals surface area (Å²) in [5.74, 6) is -3.41. The molecule has 0 radical (unpaired) electrons. The van der Waals surface area contributed by atoms with Crippen molar-refractivity contribution in [3.8, 4) is 0 Å². The third-order valence-corrected chi connectivity index (χ3v) is 3.20. The second kappa shape index (κ2) is 6.39. The first kappa shape index (κ1) is 15.0. The van der Waals surface area contributed by atoms with Gasteiger partial charge in [0.25, 0.3) is 0 Å². The normalized spacial score (nSPS) is 12.1. The lowest BCUT2D eigenvalue weighted by molar-refractivity contribution is -0.138. The number of carboxylic acids is 1. The molecule has 1 aromatic heterocycles. The molecule has 4 nitrogen and oxygen atoms in total. The molecule has 2 aromatic rings. The quantitative estimate of drug-likeness (QED) is 0.920. The first-order valence-corrected chi connectivity index (χ1v) is 6.49. The molecular formula is C15H14F2N2O2. The standard InChI is InChI=1S/C15H14F2N2O2/c1-2-12-13(17)14(19-8-18-12)11(15(20)21)7-9-3-5-10(16)6-4-9/h3-6,8,11H,2,7H2,1H3,(H,20,21). The van der Waals surface area contributed by atoms with Crippen molar-refractivity contribution in [2.75, 3.05) is 0 Å². The van der Waals surface area contributed by atoms with Gasteiger partial charge in [-0.1, -0.05) is 19.1 Å². The molecule has 0 fully saturated rings. The molecule has 0 aliphatic rings. The Kier molecular flexibility index (Phi) is 4.57. The van der Waals surface area contributed by atoms with Crippen LogP contribution in [-0.2, 0) is 17.6 Å². The molecule has 21 heavy (non-hydrogen) atoms. The number of halogens is 2. The molecule has 0 spiro atoms. The van der Waals surface area contributed by atoms with Gasteiger partial charge in [-0.2, -0.15) is 0 Å². The van der Waals surface area contributed by atoms with Gasteiger partial charge in [0.15, 0.2) is 5.82 Å². The molecule has 6 heteroatoms. The number of hydrogen-bond donors (Lipinski definition) is 1. The average Bonchev–Trinajstić information content (AvgIpc) is 2.47. The van der Waals surface area contributed by atoms with Crippen LogP contribution in [0.25, 0.3) is 0 Å². The number of hydrogen-bond acceptors (Lipinski definition) is 3. The molecule has 0 saturated heterocycles. The summed E-state index contributed by atoms with van der Waals surface area (Å²) in [5.41, 5.74) is 0.642. The van der Waals surface area contributed by atoms with Crippen LogP contribution in [0.2, 0.25) is 0 Å². The third-order valence-electron chi connectivity index (χ3n) is 3.20. The minimum absolute atomic E-state index is 0.0344. The van der Waals surface area contributed by atoms with Crippen LogP contribution in [0.1, 0.15) is 29.8 Å². The molecule has 1 aromatic carbocycles. The zero-order chi connectivity index (χ0) is 15.4. The van der Waals surface area contributed by atoms with Crippen LogP contribution < -0.4 is 0 Å². The SMILES string of the molecule is CCc1ncnc(C(Cc2ccc(F)cc2)C(=O)O)c1F. The number of carboxylic acid groups (broad SMARTS) is 1. The number of benzene rings is 1. The van der Waals surface area contributed by atoms with Gasteiger partial charge in [0.05, 0.1) is 11.4 Å². The van der Waals surface area contributed by atoms with Crippen molar-refractivity contribution in [3.05, 3.63) is 59.2 Å². The summed E-state index contributed by atoms with van der Waals surface area (Å²) in [7, 11) is 0. The van der Waals surface area contributed by atoms with Gasteiger partial charge in [-0.15, -0.1) is 0 Å².